The molecule has 0 saturated heterocycles. The molecule has 1 amide bonds. The number of carbonyl (C=O) groups is 2. The summed E-state index contributed by atoms with van der Waals surface area (Å²) in [5.41, 5.74) is 0.623. The van der Waals surface area contributed by atoms with Crippen LogP contribution < -0.4 is 10.1 Å². The van der Waals surface area contributed by atoms with Crippen LogP contribution in [-0.2, 0) is 10.2 Å². The fourth-order valence-corrected chi connectivity index (χ4v) is 3.62. The van der Waals surface area contributed by atoms with E-state index in [-0.39, 0.29) is 11.3 Å². The fraction of sp³-hybridized carbons (Fsp3) is 0.333. The van der Waals surface area contributed by atoms with Crippen LogP contribution in [0.15, 0.2) is 28.7 Å². The van der Waals surface area contributed by atoms with Crippen LogP contribution >= 0.6 is 27.3 Å². The molecule has 0 saturated carbocycles. The SMILES string of the molecule is COC(=O)c1cc(C(C)(C)C)sc1NC(=O)c1cc(OC)ccc1Br. The summed E-state index contributed by atoms with van der Waals surface area (Å²) in [5, 5.41) is 3.29. The molecular formula is C18H20BrNO4S. The summed E-state index contributed by atoms with van der Waals surface area (Å²) in [4.78, 5) is 25.7. The Labute approximate surface area is 159 Å². The van der Waals surface area contributed by atoms with E-state index in [1.165, 1.54) is 25.6 Å². The maximum Gasteiger partial charge on any atom is 0.340 e. The molecule has 0 atom stereocenters. The van der Waals surface area contributed by atoms with Gasteiger partial charge in [-0.15, -0.1) is 11.3 Å². The first-order chi connectivity index (χ1) is 11.7. The molecule has 2 rings (SSSR count). The molecule has 0 aliphatic heterocycles. The Morgan fingerprint density at radius 3 is 2.36 bits per heavy atom. The Bertz CT molecular complexity index is 808. The normalized spacial score (nSPS) is 11.1. The monoisotopic (exact) mass is 425 g/mol. The molecule has 0 bridgehead atoms. The number of esters is 1. The van der Waals surface area contributed by atoms with E-state index in [4.69, 9.17) is 9.47 Å². The zero-order chi connectivity index (χ0) is 18.8. The third kappa shape index (κ3) is 4.41. The van der Waals surface area contributed by atoms with Gasteiger partial charge in [-0.3, -0.25) is 4.79 Å². The molecule has 5 nitrogen and oxygen atoms in total. The van der Waals surface area contributed by atoms with Crippen molar-refractivity contribution in [1.82, 2.24) is 0 Å². The smallest absolute Gasteiger partial charge is 0.340 e. The van der Waals surface area contributed by atoms with Gasteiger partial charge in [0.05, 0.1) is 25.3 Å². The second kappa shape index (κ2) is 7.58. The summed E-state index contributed by atoms with van der Waals surface area (Å²) < 4.78 is 10.6. The second-order valence-corrected chi connectivity index (χ2v) is 8.30. The first-order valence-corrected chi connectivity index (χ1v) is 9.16. The van der Waals surface area contributed by atoms with Gasteiger partial charge in [-0.25, -0.2) is 4.79 Å². The Morgan fingerprint density at radius 1 is 1.12 bits per heavy atom. The number of nitrogens with one attached hydrogen (secondary N) is 1. The highest BCUT2D eigenvalue weighted by molar-refractivity contribution is 9.10. The number of halogens is 1. The minimum Gasteiger partial charge on any atom is -0.497 e. The lowest BCUT2D eigenvalue weighted by Crippen LogP contribution is -2.14. The zero-order valence-corrected chi connectivity index (χ0v) is 17.1. The predicted octanol–water partition coefficient (Wildman–Crippen LogP) is 4.86. The number of thiophene rings is 1. The van der Waals surface area contributed by atoms with Crippen LogP contribution in [0.25, 0.3) is 0 Å². The number of amides is 1. The summed E-state index contributed by atoms with van der Waals surface area (Å²) in [7, 11) is 2.86. The Morgan fingerprint density at radius 2 is 1.80 bits per heavy atom. The molecule has 1 aromatic heterocycles. The zero-order valence-electron chi connectivity index (χ0n) is 14.7. The maximum atomic E-state index is 12.7. The van der Waals surface area contributed by atoms with Crippen LogP contribution in [0.3, 0.4) is 0 Å². The van der Waals surface area contributed by atoms with Gasteiger partial charge in [-0.05, 0) is 45.6 Å². The molecule has 1 N–H and O–H groups in total. The Balaban J connectivity index is 2.40. The summed E-state index contributed by atoms with van der Waals surface area (Å²) in [5.74, 6) is -0.243. The molecule has 25 heavy (non-hydrogen) atoms. The van der Waals surface area contributed by atoms with E-state index < -0.39 is 5.97 Å². The lowest BCUT2D eigenvalue weighted by atomic mass is 9.94. The minimum absolute atomic E-state index is 0.146. The van der Waals surface area contributed by atoms with Gasteiger partial charge in [0.25, 0.3) is 5.91 Å². The van der Waals surface area contributed by atoms with Crippen molar-refractivity contribution >= 4 is 44.1 Å². The van der Waals surface area contributed by atoms with Crippen LogP contribution in [-0.4, -0.2) is 26.1 Å². The van der Waals surface area contributed by atoms with Crippen LogP contribution in [0.2, 0.25) is 0 Å². The van der Waals surface area contributed by atoms with E-state index in [0.29, 0.717) is 26.4 Å². The Hall–Kier alpha value is -1.86. The fourth-order valence-electron chi connectivity index (χ4n) is 2.09. The van der Waals surface area contributed by atoms with Crippen molar-refractivity contribution in [2.75, 3.05) is 19.5 Å². The number of hydrogen-bond acceptors (Lipinski definition) is 5. The van der Waals surface area contributed by atoms with Gasteiger partial charge in [0, 0.05) is 9.35 Å². The third-order valence-corrected chi connectivity index (χ3v) is 5.69. The highest BCUT2D eigenvalue weighted by Crippen LogP contribution is 2.37. The number of benzene rings is 1. The summed E-state index contributed by atoms with van der Waals surface area (Å²) in [6, 6.07) is 6.90. The van der Waals surface area contributed by atoms with Crippen molar-refractivity contribution in [3.63, 3.8) is 0 Å². The number of carbonyl (C=O) groups excluding carboxylic acids is 2. The molecule has 1 heterocycles. The van der Waals surface area contributed by atoms with Gasteiger partial charge < -0.3 is 14.8 Å². The molecule has 134 valence electrons. The lowest BCUT2D eigenvalue weighted by Gasteiger charge is -2.15. The van der Waals surface area contributed by atoms with Gasteiger partial charge in [0.1, 0.15) is 10.8 Å². The topological polar surface area (TPSA) is 64.6 Å². The van der Waals surface area contributed by atoms with Gasteiger partial charge in [0.2, 0.25) is 0 Å². The van der Waals surface area contributed by atoms with Crippen molar-refractivity contribution in [1.29, 1.82) is 0 Å². The molecule has 0 unspecified atom stereocenters. The molecule has 1 aromatic carbocycles. The highest BCUT2D eigenvalue weighted by atomic mass is 79.9. The van der Waals surface area contributed by atoms with E-state index in [9.17, 15) is 9.59 Å². The first kappa shape index (κ1) is 19.5. The molecule has 0 fully saturated rings. The van der Waals surface area contributed by atoms with Crippen molar-refractivity contribution in [3.05, 3.63) is 44.7 Å². The lowest BCUT2D eigenvalue weighted by molar-refractivity contribution is 0.0602. The molecule has 0 aliphatic carbocycles. The number of ether oxygens (including phenoxy) is 2. The van der Waals surface area contributed by atoms with Crippen molar-refractivity contribution in [2.45, 2.75) is 26.2 Å². The summed E-state index contributed by atoms with van der Waals surface area (Å²) in [6.07, 6.45) is 0. The maximum absolute atomic E-state index is 12.7. The largest absolute Gasteiger partial charge is 0.497 e. The second-order valence-electron chi connectivity index (χ2n) is 6.39. The molecule has 0 spiro atoms. The van der Waals surface area contributed by atoms with Crippen molar-refractivity contribution in [2.24, 2.45) is 0 Å². The van der Waals surface area contributed by atoms with Crippen LogP contribution in [0.5, 0.6) is 5.75 Å². The third-order valence-electron chi connectivity index (χ3n) is 3.52. The number of hydrogen-bond donors (Lipinski definition) is 1. The van der Waals surface area contributed by atoms with Gasteiger partial charge >= 0.3 is 5.97 Å². The number of rotatable bonds is 4. The van der Waals surface area contributed by atoms with Crippen LogP contribution in [0.1, 0.15) is 46.4 Å². The summed E-state index contributed by atoms with van der Waals surface area (Å²) in [6.45, 7) is 6.14. The van der Waals surface area contributed by atoms with Gasteiger partial charge in [-0.2, -0.15) is 0 Å². The Kier molecular flexibility index (Phi) is 5.90. The van der Waals surface area contributed by atoms with E-state index in [1.807, 2.05) is 20.8 Å². The molecule has 7 heteroatoms. The van der Waals surface area contributed by atoms with Crippen LogP contribution in [0.4, 0.5) is 5.00 Å². The predicted molar refractivity (Wildman–Crippen MR) is 103 cm³/mol. The number of methoxy groups -OCH3 is 2. The molecular weight excluding hydrogens is 406 g/mol. The van der Waals surface area contributed by atoms with Crippen molar-refractivity contribution < 1.29 is 19.1 Å². The molecule has 0 radical (unpaired) electrons. The van der Waals surface area contributed by atoms with E-state index in [2.05, 4.69) is 21.2 Å². The summed E-state index contributed by atoms with van der Waals surface area (Å²) >= 11 is 4.74. The highest BCUT2D eigenvalue weighted by Gasteiger charge is 2.25. The average molecular weight is 426 g/mol. The average Bonchev–Trinajstić information content (AvgIpc) is 2.98. The first-order valence-electron chi connectivity index (χ1n) is 7.55. The van der Waals surface area contributed by atoms with Crippen molar-refractivity contribution in [3.8, 4) is 5.75 Å². The van der Waals surface area contributed by atoms with E-state index in [1.54, 1.807) is 24.3 Å². The quantitative estimate of drug-likeness (QED) is 0.710. The number of anilines is 1. The molecule has 2 aromatic rings. The van der Waals surface area contributed by atoms with E-state index in [0.717, 1.165) is 4.88 Å². The van der Waals surface area contributed by atoms with E-state index >= 15 is 0 Å². The molecule has 0 aliphatic rings. The van der Waals surface area contributed by atoms with Gasteiger partial charge in [0.15, 0.2) is 0 Å². The minimum atomic E-state index is -0.480. The standard InChI is InChI=1S/C18H20BrNO4S/c1-18(2,3)14-9-12(17(22)24-5)16(25-14)20-15(21)11-8-10(23-4)6-7-13(11)19/h6-9H,1-5H3,(H,20,21). The van der Waals surface area contributed by atoms with Crippen LogP contribution in [0, 0.1) is 0 Å². The van der Waals surface area contributed by atoms with Gasteiger partial charge in [-0.1, -0.05) is 20.8 Å².